The number of hydrogen-bond acceptors (Lipinski definition) is 3. The molecule has 0 spiro atoms. The fraction of sp³-hybridized carbons (Fsp3) is 0.133. The van der Waals surface area contributed by atoms with E-state index in [1.54, 1.807) is 42.6 Å². The van der Waals surface area contributed by atoms with Crippen LogP contribution in [0.1, 0.15) is 22.5 Å². The molecule has 1 heterocycles. The van der Waals surface area contributed by atoms with Crippen molar-refractivity contribution in [3.05, 3.63) is 58.3 Å². The van der Waals surface area contributed by atoms with Crippen LogP contribution >= 0.6 is 15.9 Å². The van der Waals surface area contributed by atoms with Crippen molar-refractivity contribution in [2.24, 2.45) is 0 Å². The minimum atomic E-state index is -0.825. The zero-order valence-corrected chi connectivity index (χ0v) is 12.6. The van der Waals surface area contributed by atoms with Gasteiger partial charge in [-0.15, -0.1) is 0 Å². The molecule has 1 aromatic heterocycles. The number of nitrogens with zero attached hydrogens (tertiary/aromatic N) is 1. The van der Waals surface area contributed by atoms with Crippen molar-refractivity contribution in [3.8, 4) is 0 Å². The fourth-order valence-corrected chi connectivity index (χ4v) is 1.95. The Morgan fingerprint density at radius 1 is 1.14 bits per heavy atom. The van der Waals surface area contributed by atoms with E-state index >= 15 is 0 Å². The number of aromatic nitrogens is 1. The lowest BCUT2D eigenvalue weighted by atomic mass is 10.1. The van der Waals surface area contributed by atoms with Gasteiger partial charge in [-0.2, -0.15) is 0 Å². The summed E-state index contributed by atoms with van der Waals surface area (Å²) in [5.41, 5.74) is 1.88. The summed E-state index contributed by atoms with van der Waals surface area (Å²) in [7, 11) is 0. The molecule has 0 radical (unpaired) electrons. The summed E-state index contributed by atoms with van der Waals surface area (Å²) in [5, 5.41) is 11.4. The third kappa shape index (κ3) is 4.68. The lowest BCUT2D eigenvalue weighted by Crippen LogP contribution is -2.13. The number of benzene rings is 1. The second-order valence-corrected chi connectivity index (χ2v) is 5.32. The molecule has 2 N–H and O–H groups in total. The molecule has 1 amide bonds. The molecule has 0 atom stereocenters. The molecule has 2 aromatic rings. The highest BCUT2D eigenvalue weighted by Crippen LogP contribution is 2.13. The third-order valence-electron chi connectivity index (χ3n) is 2.80. The standard InChI is InChI=1S/C15H13BrN2O3/c16-11-4-7-13(17-9-11)15(21)18-12-5-1-10(2-6-12)3-8-14(19)20/h1-2,4-7,9H,3,8H2,(H,18,21)(H,19,20). The number of carboxylic acid groups (broad SMARTS) is 1. The molecule has 0 aliphatic heterocycles. The molecule has 0 unspecified atom stereocenters. The fourth-order valence-electron chi connectivity index (χ4n) is 1.71. The Labute approximate surface area is 130 Å². The van der Waals surface area contributed by atoms with Crippen LogP contribution in [0.3, 0.4) is 0 Å². The Hall–Kier alpha value is -2.21. The predicted octanol–water partition coefficient (Wildman–Crippen LogP) is 3.11. The molecule has 5 nitrogen and oxygen atoms in total. The van der Waals surface area contributed by atoms with Crippen LogP contribution in [0.25, 0.3) is 0 Å². The Morgan fingerprint density at radius 3 is 2.43 bits per heavy atom. The van der Waals surface area contributed by atoms with Crippen LogP contribution in [-0.2, 0) is 11.2 Å². The van der Waals surface area contributed by atoms with E-state index in [4.69, 9.17) is 5.11 Å². The second kappa shape index (κ2) is 6.99. The summed E-state index contributed by atoms with van der Waals surface area (Å²) in [4.78, 5) is 26.5. The molecule has 0 saturated carbocycles. The summed E-state index contributed by atoms with van der Waals surface area (Å²) in [6.45, 7) is 0. The van der Waals surface area contributed by atoms with Gasteiger partial charge < -0.3 is 10.4 Å². The van der Waals surface area contributed by atoms with E-state index in [0.717, 1.165) is 10.0 Å². The quantitative estimate of drug-likeness (QED) is 0.869. The molecule has 1 aromatic carbocycles. The minimum Gasteiger partial charge on any atom is -0.481 e. The van der Waals surface area contributed by atoms with E-state index in [9.17, 15) is 9.59 Å². The lowest BCUT2D eigenvalue weighted by molar-refractivity contribution is -0.136. The number of anilines is 1. The molecule has 0 aliphatic carbocycles. The van der Waals surface area contributed by atoms with Crippen LogP contribution in [0.5, 0.6) is 0 Å². The topological polar surface area (TPSA) is 79.3 Å². The Bertz CT molecular complexity index is 639. The summed E-state index contributed by atoms with van der Waals surface area (Å²) in [5.74, 6) is -1.12. The Balaban J connectivity index is 1.98. The lowest BCUT2D eigenvalue weighted by Gasteiger charge is -2.06. The summed E-state index contributed by atoms with van der Waals surface area (Å²) in [6, 6.07) is 10.5. The molecule has 0 bridgehead atoms. The Kier molecular flexibility index (Phi) is 5.05. The van der Waals surface area contributed by atoms with Crippen molar-refractivity contribution >= 4 is 33.5 Å². The van der Waals surface area contributed by atoms with Crippen molar-refractivity contribution in [2.75, 3.05) is 5.32 Å². The number of pyridine rings is 1. The third-order valence-corrected chi connectivity index (χ3v) is 3.27. The normalized spacial score (nSPS) is 10.1. The highest BCUT2D eigenvalue weighted by atomic mass is 79.9. The molecule has 21 heavy (non-hydrogen) atoms. The van der Waals surface area contributed by atoms with Gasteiger partial charge in [-0.05, 0) is 52.2 Å². The van der Waals surface area contributed by atoms with Gasteiger partial charge in [-0.25, -0.2) is 4.98 Å². The van der Waals surface area contributed by atoms with E-state index in [0.29, 0.717) is 17.8 Å². The SMILES string of the molecule is O=C(O)CCc1ccc(NC(=O)c2ccc(Br)cn2)cc1. The van der Waals surface area contributed by atoms with Crippen LogP contribution < -0.4 is 5.32 Å². The van der Waals surface area contributed by atoms with Crippen molar-refractivity contribution in [1.29, 1.82) is 0 Å². The van der Waals surface area contributed by atoms with Crippen LogP contribution in [0.2, 0.25) is 0 Å². The van der Waals surface area contributed by atoms with Crippen LogP contribution in [0.15, 0.2) is 47.1 Å². The van der Waals surface area contributed by atoms with Crippen LogP contribution in [0, 0.1) is 0 Å². The van der Waals surface area contributed by atoms with Crippen molar-refractivity contribution in [3.63, 3.8) is 0 Å². The largest absolute Gasteiger partial charge is 0.481 e. The maximum absolute atomic E-state index is 12.0. The van der Waals surface area contributed by atoms with Crippen molar-refractivity contribution in [2.45, 2.75) is 12.8 Å². The molecular weight excluding hydrogens is 336 g/mol. The van der Waals surface area contributed by atoms with Gasteiger partial charge in [0.05, 0.1) is 0 Å². The first-order valence-electron chi connectivity index (χ1n) is 6.28. The van der Waals surface area contributed by atoms with E-state index < -0.39 is 5.97 Å². The second-order valence-electron chi connectivity index (χ2n) is 4.41. The van der Waals surface area contributed by atoms with Gasteiger partial charge >= 0.3 is 5.97 Å². The van der Waals surface area contributed by atoms with Gasteiger partial charge in [0.2, 0.25) is 0 Å². The first kappa shape index (κ1) is 15.2. The highest BCUT2D eigenvalue weighted by Gasteiger charge is 2.07. The smallest absolute Gasteiger partial charge is 0.303 e. The molecule has 2 rings (SSSR count). The average molecular weight is 349 g/mol. The zero-order valence-electron chi connectivity index (χ0n) is 11.0. The monoisotopic (exact) mass is 348 g/mol. The van der Waals surface area contributed by atoms with Crippen LogP contribution in [-0.4, -0.2) is 22.0 Å². The molecule has 6 heteroatoms. The maximum atomic E-state index is 12.0. The number of rotatable bonds is 5. The highest BCUT2D eigenvalue weighted by molar-refractivity contribution is 9.10. The van der Waals surface area contributed by atoms with Gasteiger partial charge in [-0.1, -0.05) is 12.1 Å². The van der Waals surface area contributed by atoms with Gasteiger partial charge in [-0.3, -0.25) is 9.59 Å². The minimum absolute atomic E-state index is 0.0918. The van der Waals surface area contributed by atoms with Gasteiger partial charge in [0.1, 0.15) is 5.69 Å². The molecule has 108 valence electrons. The van der Waals surface area contributed by atoms with E-state index in [1.165, 1.54) is 0 Å². The number of nitrogens with one attached hydrogen (secondary N) is 1. The first-order valence-corrected chi connectivity index (χ1v) is 7.07. The molecule has 0 saturated heterocycles. The number of halogens is 1. The van der Waals surface area contributed by atoms with Crippen LogP contribution in [0.4, 0.5) is 5.69 Å². The zero-order chi connectivity index (χ0) is 15.2. The summed E-state index contributed by atoms with van der Waals surface area (Å²) in [6.07, 6.45) is 2.12. The number of carbonyl (C=O) groups is 2. The first-order chi connectivity index (χ1) is 10.0. The number of hydrogen-bond donors (Lipinski definition) is 2. The molecule has 0 aliphatic rings. The number of amides is 1. The summed E-state index contributed by atoms with van der Waals surface area (Å²) >= 11 is 3.26. The number of carbonyl (C=O) groups excluding carboxylic acids is 1. The number of aliphatic carboxylic acids is 1. The van der Waals surface area contributed by atoms with Gasteiger partial charge in [0.25, 0.3) is 5.91 Å². The van der Waals surface area contributed by atoms with Crippen molar-refractivity contribution < 1.29 is 14.7 Å². The summed E-state index contributed by atoms with van der Waals surface area (Å²) < 4.78 is 0.807. The van der Waals surface area contributed by atoms with E-state index in [2.05, 4.69) is 26.2 Å². The van der Waals surface area contributed by atoms with E-state index in [-0.39, 0.29) is 12.3 Å². The maximum Gasteiger partial charge on any atom is 0.303 e. The average Bonchev–Trinajstić information content (AvgIpc) is 2.47. The number of carboxylic acids is 1. The number of aryl methyl sites for hydroxylation is 1. The van der Waals surface area contributed by atoms with E-state index in [1.807, 2.05) is 0 Å². The molecule has 0 fully saturated rings. The van der Waals surface area contributed by atoms with Crippen molar-refractivity contribution in [1.82, 2.24) is 4.98 Å². The predicted molar refractivity (Wildman–Crippen MR) is 82.3 cm³/mol. The Morgan fingerprint density at radius 2 is 1.86 bits per heavy atom. The van der Waals surface area contributed by atoms with Gasteiger partial charge in [0.15, 0.2) is 0 Å². The van der Waals surface area contributed by atoms with Gasteiger partial charge in [0, 0.05) is 22.8 Å². The molecular formula is C15H13BrN2O3.